The fraction of sp³-hybridized carbons (Fsp3) is 0.750. The number of nitrogens with zero attached hydrogens (tertiary/aromatic N) is 1. The van der Waals surface area contributed by atoms with Gasteiger partial charge in [0.25, 0.3) is 0 Å². The Hall–Kier alpha value is -1.39. The van der Waals surface area contributed by atoms with Gasteiger partial charge in [-0.1, -0.05) is 0 Å². The van der Waals surface area contributed by atoms with E-state index in [1.807, 2.05) is 0 Å². The van der Waals surface area contributed by atoms with Crippen LogP contribution in [-0.2, 0) is 24.5 Å². The van der Waals surface area contributed by atoms with Crippen LogP contribution in [0.2, 0.25) is 0 Å². The maximum absolute atomic E-state index is 11.7. The van der Waals surface area contributed by atoms with Crippen molar-refractivity contribution in [2.24, 2.45) is 0 Å². The normalized spacial score (nSPS) is 21.3. The van der Waals surface area contributed by atoms with Crippen LogP contribution < -0.4 is 4.72 Å². The van der Waals surface area contributed by atoms with E-state index in [4.69, 9.17) is 9.84 Å². The number of rotatable bonds is 4. The van der Waals surface area contributed by atoms with Gasteiger partial charge in [-0.05, 0) is 0 Å². The zero-order valence-electron chi connectivity index (χ0n) is 9.66. The fourth-order valence-electron chi connectivity index (χ4n) is 1.44. The van der Waals surface area contributed by atoms with Gasteiger partial charge in [0, 0.05) is 13.1 Å². The molecule has 104 valence electrons. The summed E-state index contributed by atoms with van der Waals surface area (Å²) in [7, 11) is -2.99. The minimum absolute atomic E-state index is 0.0441. The van der Waals surface area contributed by atoms with Crippen molar-refractivity contribution in [3.63, 3.8) is 0 Å². The first-order valence-corrected chi connectivity index (χ1v) is 6.48. The smallest absolute Gasteiger partial charge is 0.421 e. The molecule has 0 saturated carbocycles. The summed E-state index contributed by atoms with van der Waals surface area (Å²) in [6.07, 6.45) is -2.13. The van der Waals surface area contributed by atoms with Gasteiger partial charge in [-0.25, -0.2) is 9.52 Å². The first kappa shape index (κ1) is 14.7. The van der Waals surface area contributed by atoms with E-state index in [2.05, 4.69) is 4.74 Å². The van der Waals surface area contributed by atoms with E-state index in [0.717, 1.165) is 11.4 Å². The Morgan fingerprint density at radius 2 is 2.22 bits per heavy atom. The zero-order valence-corrected chi connectivity index (χ0v) is 10.5. The van der Waals surface area contributed by atoms with Crippen LogP contribution in [0.3, 0.4) is 0 Å². The summed E-state index contributed by atoms with van der Waals surface area (Å²) >= 11 is 0. The number of nitrogens with one attached hydrogen (secondary N) is 1. The second-order valence-corrected chi connectivity index (χ2v) is 5.22. The average molecular weight is 282 g/mol. The number of carboxylic acids is 1. The molecule has 1 unspecified atom stereocenters. The lowest BCUT2D eigenvalue weighted by Gasteiger charge is -2.30. The molecule has 0 spiro atoms. The average Bonchev–Trinajstić information content (AvgIpc) is 2.27. The highest BCUT2D eigenvalue weighted by atomic mass is 32.2. The summed E-state index contributed by atoms with van der Waals surface area (Å²) < 4.78 is 35.3. The van der Waals surface area contributed by atoms with E-state index in [1.165, 1.54) is 0 Å². The van der Waals surface area contributed by atoms with Crippen molar-refractivity contribution in [2.45, 2.75) is 12.5 Å². The molecule has 2 N–H and O–H groups in total. The molecule has 0 aromatic carbocycles. The number of carbonyl (C=O) groups is 2. The number of carboxylic acid groups (broad SMARTS) is 1. The van der Waals surface area contributed by atoms with Crippen LogP contribution in [0.4, 0.5) is 4.79 Å². The van der Waals surface area contributed by atoms with Gasteiger partial charge < -0.3 is 14.6 Å². The Bertz CT molecular complexity index is 421. The maximum atomic E-state index is 11.7. The van der Waals surface area contributed by atoms with Gasteiger partial charge in [-0.2, -0.15) is 12.7 Å². The minimum Gasteiger partial charge on any atom is -0.481 e. The van der Waals surface area contributed by atoms with E-state index in [1.54, 1.807) is 4.72 Å². The molecular weight excluding hydrogens is 268 g/mol. The molecule has 1 aliphatic heterocycles. The van der Waals surface area contributed by atoms with E-state index < -0.39 is 28.4 Å². The van der Waals surface area contributed by atoms with Gasteiger partial charge in [0.05, 0.1) is 26.2 Å². The third-order valence-corrected chi connectivity index (χ3v) is 3.68. The molecule has 1 rings (SSSR count). The number of aliphatic carboxylic acids is 1. The highest BCUT2D eigenvalue weighted by Gasteiger charge is 2.31. The van der Waals surface area contributed by atoms with E-state index >= 15 is 0 Å². The second-order valence-electron chi connectivity index (χ2n) is 3.55. The quantitative estimate of drug-likeness (QED) is 0.661. The van der Waals surface area contributed by atoms with E-state index in [0.29, 0.717) is 0 Å². The van der Waals surface area contributed by atoms with Crippen molar-refractivity contribution in [2.75, 3.05) is 26.8 Å². The van der Waals surface area contributed by atoms with Gasteiger partial charge in [-0.15, -0.1) is 0 Å². The van der Waals surface area contributed by atoms with Crippen LogP contribution in [0.25, 0.3) is 0 Å². The Labute approximate surface area is 104 Å². The Kier molecular flexibility index (Phi) is 4.87. The SMILES string of the molecule is COC(=O)NS(=O)(=O)N1CCOC(CC(=O)O)C1. The highest BCUT2D eigenvalue weighted by molar-refractivity contribution is 7.87. The molecular formula is C8H14N2O7S. The molecule has 0 aliphatic carbocycles. The number of hydrogen-bond acceptors (Lipinski definition) is 6. The lowest BCUT2D eigenvalue weighted by Crippen LogP contribution is -2.51. The maximum Gasteiger partial charge on any atom is 0.421 e. The van der Waals surface area contributed by atoms with Crippen molar-refractivity contribution < 1.29 is 32.6 Å². The third kappa shape index (κ3) is 4.13. The molecule has 18 heavy (non-hydrogen) atoms. The number of ether oxygens (including phenoxy) is 2. The number of carbonyl (C=O) groups excluding carboxylic acids is 1. The molecule has 0 aromatic rings. The van der Waals surface area contributed by atoms with Crippen LogP contribution in [0.5, 0.6) is 0 Å². The predicted molar refractivity (Wildman–Crippen MR) is 58.0 cm³/mol. The molecule has 1 aliphatic rings. The second kappa shape index (κ2) is 5.98. The van der Waals surface area contributed by atoms with Crippen LogP contribution in [-0.4, -0.2) is 62.8 Å². The van der Waals surface area contributed by atoms with Gasteiger partial charge in [0.2, 0.25) is 0 Å². The molecule has 1 fully saturated rings. The Balaban J connectivity index is 2.65. The summed E-state index contributed by atoms with van der Waals surface area (Å²) in [6, 6.07) is 0. The number of hydrogen-bond donors (Lipinski definition) is 2. The number of amides is 1. The molecule has 10 heteroatoms. The third-order valence-electron chi connectivity index (χ3n) is 2.24. The van der Waals surface area contributed by atoms with Crippen LogP contribution >= 0.6 is 0 Å². The Morgan fingerprint density at radius 3 is 2.78 bits per heavy atom. The van der Waals surface area contributed by atoms with Crippen LogP contribution in [0.15, 0.2) is 0 Å². The van der Waals surface area contributed by atoms with E-state index in [9.17, 15) is 18.0 Å². The van der Waals surface area contributed by atoms with Crippen molar-refractivity contribution in [3.05, 3.63) is 0 Å². The van der Waals surface area contributed by atoms with Gasteiger partial charge in [0.1, 0.15) is 0 Å². The fourth-order valence-corrected chi connectivity index (χ4v) is 2.54. The number of methoxy groups -OCH3 is 1. The molecule has 9 nitrogen and oxygen atoms in total. The first-order chi connectivity index (χ1) is 8.35. The summed E-state index contributed by atoms with van der Waals surface area (Å²) in [5, 5.41) is 8.60. The lowest BCUT2D eigenvalue weighted by molar-refractivity contribution is -0.141. The van der Waals surface area contributed by atoms with Crippen molar-refractivity contribution in [1.29, 1.82) is 0 Å². The molecule has 0 bridgehead atoms. The largest absolute Gasteiger partial charge is 0.481 e. The van der Waals surface area contributed by atoms with Crippen LogP contribution in [0.1, 0.15) is 6.42 Å². The first-order valence-electron chi connectivity index (χ1n) is 5.04. The van der Waals surface area contributed by atoms with E-state index in [-0.39, 0.29) is 26.1 Å². The monoisotopic (exact) mass is 282 g/mol. The van der Waals surface area contributed by atoms with Crippen molar-refractivity contribution in [1.82, 2.24) is 9.03 Å². The zero-order chi connectivity index (χ0) is 13.8. The molecule has 1 saturated heterocycles. The predicted octanol–water partition coefficient (Wildman–Crippen LogP) is -1.24. The minimum atomic E-state index is -4.03. The summed E-state index contributed by atoms with van der Waals surface area (Å²) in [4.78, 5) is 21.4. The molecule has 0 aromatic heterocycles. The number of morpholine rings is 1. The molecule has 1 heterocycles. The molecule has 1 amide bonds. The van der Waals surface area contributed by atoms with Gasteiger partial charge in [0.15, 0.2) is 0 Å². The highest BCUT2D eigenvalue weighted by Crippen LogP contribution is 2.11. The van der Waals surface area contributed by atoms with Crippen LogP contribution in [0, 0.1) is 0 Å². The summed E-state index contributed by atoms with van der Waals surface area (Å²) in [5.74, 6) is -1.08. The summed E-state index contributed by atoms with van der Waals surface area (Å²) in [5.41, 5.74) is 0. The Morgan fingerprint density at radius 1 is 1.56 bits per heavy atom. The standard InChI is InChI=1S/C8H14N2O7S/c1-16-8(13)9-18(14,15)10-2-3-17-6(5-10)4-7(11)12/h6H,2-5H2,1H3,(H,9,13)(H,11,12). The summed E-state index contributed by atoms with van der Waals surface area (Å²) in [6.45, 7) is -0.0128. The van der Waals surface area contributed by atoms with Crippen molar-refractivity contribution >= 4 is 22.3 Å². The topological polar surface area (TPSA) is 122 Å². The van der Waals surface area contributed by atoms with Crippen molar-refractivity contribution in [3.8, 4) is 0 Å². The van der Waals surface area contributed by atoms with Gasteiger partial charge >= 0.3 is 22.3 Å². The molecule has 0 radical (unpaired) electrons. The molecule has 1 atom stereocenters. The van der Waals surface area contributed by atoms with Gasteiger partial charge in [-0.3, -0.25) is 4.79 Å². The lowest BCUT2D eigenvalue weighted by atomic mass is 10.2.